The van der Waals surface area contributed by atoms with Gasteiger partial charge in [-0.15, -0.1) is 0 Å². The summed E-state index contributed by atoms with van der Waals surface area (Å²) < 4.78 is 14.8. The predicted molar refractivity (Wildman–Crippen MR) is 356 cm³/mol. The van der Waals surface area contributed by atoms with Crippen molar-refractivity contribution in [3.05, 3.63) is 180 Å². The second kappa shape index (κ2) is 26.7. The Balaban J connectivity index is 0.000000168. The second-order valence-corrected chi connectivity index (χ2v) is 23.5. The van der Waals surface area contributed by atoms with Crippen LogP contribution >= 0.6 is 0 Å². The molecule has 10 aromatic carbocycles. The van der Waals surface area contributed by atoms with Gasteiger partial charge in [0.25, 0.3) is 47.3 Å². The first-order valence-corrected chi connectivity index (χ1v) is 31.4. The first-order chi connectivity index (χ1) is 45.6. The first-order valence-electron chi connectivity index (χ1n) is 31.4. The summed E-state index contributed by atoms with van der Waals surface area (Å²) in [6.07, 6.45) is 12.9. The number of fused-ring (bicyclic) bond motifs is 4. The van der Waals surface area contributed by atoms with E-state index in [0.717, 1.165) is 134 Å². The van der Waals surface area contributed by atoms with E-state index in [0.29, 0.717) is 112 Å². The fourth-order valence-electron chi connectivity index (χ4n) is 13.6. The van der Waals surface area contributed by atoms with Crippen LogP contribution in [0.4, 0.5) is 0 Å². The van der Waals surface area contributed by atoms with Crippen LogP contribution in [0.1, 0.15) is 160 Å². The molecular weight excluding hydrogens is 1200 g/mol. The van der Waals surface area contributed by atoms with Gasteiger partial charge in [-0.05, 0) is 171 Å². The fourth-order valence-corrected chi connectivity index (χ4v) is 13.6. The Hall–Kier alpha value is -11.1. The molecule has 94 heavy (non-hydrogen) atoms. The van der Waals surface area contributed by atoms with Gasteiger partial charge >= 0.3 is 17.9 Å². The van der Waals surface area contributed by atoms with Crippen molar-refractivity contribution < 1.29 is 72.1 Å². The van der Waals surface area contributed by atoms with Gasteiger partial charge in [-0.1, -0.05) is 87.5 Å². The molecule has 0 saturated carbocycles. The number of ether oxygens (including phenoxy) is 3. The van der Waals surface area contributed by atoms with Crippen molar-refractivity contribution in [3.8, 4) is 0 Å². The van der Waals surface area contributed by atoms with Crippen LogP contribution in [0.5, 0.6) is 0 Å². The third-order valence-electron chi connectivity index (χ3n) is 18.0. The molecule has 0 saturated heterocycles. The average molecular weight is 1260 g/mol. The molecular formula is C75H64N4O15. The highest BCUT2D eigenvalue weighted by atomic mass is 16.5. The van der Waals surface area contributed by atoms with Gasteiger partial charge in [0, 0.05) is 104 Å². The molecule has 4 heterocycles. The van der Waals surface area contributed by atoms with Crippen LogP contribution in [-0.2, 0) is 28.6 Å². The van der Waals surface area contributed by atoms with E-state index in [9.17, 15) is 52.7 Å². The maximum Gasteiger partial charge on any atom is 0.330 e. The number of benzene rings is 10. The smallest absolute Gasteiger partial charge is 0.330 e. The number of aliphatic hydroxyl groups is 1. The quantitative estimate of drug-likeness (QED) is 0.0102. The molecule has 0 aromatic heterocycles. The van der Waals surface area contributed by atoms with E-state index in [1.165, 1.54) is 9.80 Å². The van der Waals surface area contributed by atoms with E-state index in [-0.39, 0.29) is 49.3 Å². The van der Waals surface area contributed by atoms with Crippen molar-refractivity contribution >= 4 is 151 Å². The summed E-state index contributed by atoms with van der Waals surface area (Å²) in [6, 6.07) is 29.2. The first kappa shape index (κ1) is 63.1. The molecule has 0 radical (unpaired) electrons. The third-order valence-corrected chi connectivity index (χ3v) is 18.0. The van der Waals surface area contributed by atoms with Crippen LogP contribution < -0.4 is 10.6 Å². The van der Waals surface area contributed by atoms with Gasteiger partial charge in [-0.2, -0.15) is 0 Å². The molecule has 19 nitrogen and oxygen atoms in total. The normalized spacial score (nSPS) is 13.8. The minimum Gasteiger partial charge on any atom is -0.463 e. The maximum atomic E-state index is 13.8. The van der Waals surface area contributed by atoms with Crippen molar-refractivity contribution in [2.75, 3.05) is 39.5 Å². The van der Waals surface area contributed by atoms with E-state index in [2.05, 4.69) is 30.4 Å². The number of rotatable bonds is 23. The Morgan fingerprint density at radius 2 is 0.543 bits per heavy atom. The van der Waals surface area contributed by atoms with Crippen molar-refractivity contribution in [3.63, 3.8) is 0 Å². The molecule has 0 fully saturated rings. The van der Waals surface area contributed by atoms with Crippen LogP contribution in [0.2, 0.25) is 0 Å². The highest BCUT2D eigenvalue weighted by Crippen LogP contribution is 2.48. The van der Waals surface area contributed by atoms with Crippen LogP contribution in [-0.4, -0.2) is 120 Å². The Kier molecular flexibility index (Phi) is 17.9. The third kappa shape index (κ3) is 11.2. The average Bonchev–Trinajstić information content (AvgIpc) is 0.701. The van der Waals surface area contributed by atoms with Gasteiger partial charge in [-0.25, -0.2) is 14.4 Å². The van der Waals surface area contributed by atoms with E-state index >= 15 is 0 Å². The number of esters is 3. The number of carbonyl (C=O) groups excluding carboxylic acids is 11. The summed E-state index contributed by atoms with van der Waals surface area (Å²) in [6.45, 7) is 11.9. The molecule has 4 aliphatic rings. The maximum absolute atomic E-state index is 13.8. The van der Waals surface area contributed by atoms with E-state index in [1.54, 1.807) is 48.5 Å². The Labute approximate surface area is 537 Å². The molecule has 19 heteroatoms. The summed E-state index contributed by atoms with van der Waals surface area (Å²) in [7, 11) is 0. The number of amides is 8. The molecule has 10 aromatic rings. The zero-order chi connectivity index (χ0) is 66.1. The van der Waals surface area contributed by atoms with Gasteiger partial charge in [-0.3, -0.25) is 58.8 Å². The van der Waals surface area contributed by atoms with Gasteiger partial charge in [0.05, 0.1) is 19.8 Å². The Morgan fingerprint density at radius 1 is 0.319 bits per heavy atom. The minimum absolute atomic E-state index is 0.243. The SMILES string of the molecule is C=CC(=O)OCCCCCCN1C(=O)c2ccc3c4ccc5c6c(ccc(c7ccc(c2c37)C1=O)c64)C(=O)N(CCCCCCOC(=O)C=C)C5=O.C=CC(=O)OCCCCCCO.O=C1NC(=O)c2ccc3c4ccc5c6c(ccc(c7ccc1c2c73)c64)C(=O)NC5=O. The van der Waals surface area contributed by atoms with Crippen LogP contribution in [0.25, 0.3) is 86.2 Å². The number of nitrogens with one attached hydrogen (secondary N) is 2. The highest BCUT2D eigenvalue weighted by Gasteiger charge is 2.37. The molecule has 14 rings (SSSR count). The van der Waals surface area contributed by atoms with E-state index in [1.807, 2.05) is 48.5 Å². The molecule has 0 spiro atoms. The summed E-state index contributed by atoms with van der Waals surface area (Å²) >= 11 is 0. The highest BCUT2D eigenvalue weighted by molar-refractivity contribution is 6.43. The molecule has 0 atom stereocenters. The lowest BCUT2D eigenvalue weighted by Gasteiger charge is -2.30. The van der Waals surface area contributed by atoms with Crippen molar-refractivity contribution in [1.82, 2.24) is 20.4 Å². The van der Waals surface area contributed by atoms with Gasteiger partial charge in [0.2, 0.25) is 0 Å². The number of aliphatic hydroxyl groups excluding tert-OH is 1. The molecule has 474 valence electrons. The number of unbranched alkanes of at least 4 members (excludes halogenated alkanes) is 9. The van der Waals surface area contributed by atoms with Crippen LogP contribution in [0.15, 0.2) is 135 Å². The second-order valence-electron chi connectivity index (χ2n) is 23.5. The number of imide groups is 4. The van der Waals surface area contributed by atoms with Gasteiger partial charge in [0.15, 0.2) is 0 Å². The van der Waals surface area contributed by atoms with E-state index in [4.69, 9.17) is 19.3 Å². The lowest BCUT2D eigenvalue weighted by Crippen LogP contribution is -2.41. The number of hydrogen-bond acceptors (Lipinski definition) is 15. The lowest BCUT2D eigenvalue weighted by molar-refractivity contribution is -0.138. The zero-order valence-corrected chi connectivity index (χ0v) is 51.4. The van der Waals surface area contributed by atoms with E-state index < -0.39 is 35.6 Å². The van der Waals surface area contributed by atoms with Crippen molar-refractivity contribution in [2.24, 2.45) is 0 Å². The lowest BCUT2D eigenvalue weighted by atomic mass is 9.82. The van der Waals surface area contributed by atoms with Crippen LogP contribution in [0, 0.1) is 0 Å². The van der Waals surface area contributed by atoms with Gasteiger partial charge < -0.3 is 19.3 Å². The standard InChI is InChI=1S/C42H38N2O8.C24H10N2O4.C9H16O3/c1-3-33(45)51-23-11-7-5-9-21-43-39(47)29-17-13-25-27-15-19-31-38-32(42(50)44(41(31)49)22-10-6-8-12-24-52-34(46)4-2)20-16-28(36(27)38)26-14-18-30(40(43)48)37(29)35(25)26;27-21-13-5-1-9-10-2-6-15-20-16(24(30)26-23(15)29)8-4-12(18(10)20)11-3-7-14(22(28)25-21)19(13)17(9)11;1-2-9(11)12-8-6-4-3-5-7-10/h3-4,13-20H,1-2,5-12,21-24H2;1-8H,(H,25,27,28)(H,26,29,30);2,10H,1,3-8H2. The van der Waals surface area contributed by atoms with Crippen LogP contribution in [0.3, 0.4) is 0 Å². The summed E-state index contributed by atoms with van der Waals surface area (Å²) in [5, 5.41) is 26.0. The summed E-state index contributed by atoms with van der Waals surface area (Å²) in [5.74, 6) is -4.22. The molecule has 0 unspecified atom stereocenters. The summed E-state index contributed by atoms with van der Waals surface area (Å²) in [5.41, 5.74) is 3.75. The molecule has 0 aliphatic carbocycles. The molecule has 8 amide bonds. The van der Waals surface area contributed by atoms with Crippen molar-refractivity contribution in [2.45, 2.75) is 77.0 Å². The van der Waals surface area contributed by atoms with Crippen molar-refractivity contribution in [1.29, 1.82) is 0 Å². The topological polar surface area (TPSA) is 266 Å². The largest absolute Gasteiger partial charge is 0.463 e. The Bertz CT molecular complexity index is 4420. The number of nitrogens with zero attached hydrogens (tertiary/aromatic N) is 2. The summed E-state index contributed by atoms with van der Waals surface area (Å²) in [4.78, 5) is 141. The molecule has 3 N–H and O–H groups in total. The fraction of sp³-hybridized carbons (Fsp3) is 0.240. The minimum atomic E-state index is -0.452. The molecule has 0 bridgehead atoms. The number of hydrogen-bond donors (Lipinski definition) is 3. The molecule has 4 aliphatic heterocycles. The zero-order valence-electron chi connectivity index (χ0n) is 51.4. The monoisotopic (exact) mass is 1260 g/mol. The van der Waals surface area contributed by atoms with Gasteiger partial charge in [0.1, 0.15) is 0 Å². The predicted octanol–water partition coefficient (Wildman–Crippen LogP) is 12.3. The Morgan fingerprint density at radius 3 is 0.787 bits per heavy atom. The number of carbonyl (C=O) groups is 11.